The summed E-state index contributed by atoms with van der Waals surface area (Å²) in [6, 6.07) is 14.4. The third kappa shape index (κ3) is 2.90. The second-order valence-electron chi connectivity index (χ2n) is 5.67. The van der Waals surface area contributed by atoms with Crippen LogP contribution in [0, 0.1) is 0 Å². The number of benzene rings is 2. The van der Waals surface area contributed by atoms with Crippen LogP contribution in [-0.4, -0.2) is 36.2 Å². The van der Waals surface area contributed by atoms with E-state index in [1.54, 1.807) is 6.92 Å². The lowest BCUT2D eigenvalue weighted by Gasteiger charge is -2.23. The van der Waals surface area contributed by atoms with Crippen LogP contribution in [0.5, 0.6) is 0 Å². The topological polar surface area (TPSA) is 75.6 Å². The molecule has 0 heterocycles. The number of nitrogens with one attached hydrogen (secondary N) is 1. The third-order valence-corrected chi connectivity index (χ3v) is 4.24. The molecule has 124 valence electrons. The van der Waals surface area contributed by atoms with Crippen molar-refractivity contribution in [2.45, 2.75) is 18.9 Å². The Hall–Kier alpha value is -2.66. The molecule has 1 amide bonds. The number of hydrogen-bond acceptors (Lipinski definition) is 3. The highest BCUT2D eigenvalue weighted by Gasteiger charge is 2.38. The number of aliphatic carboxylic acids is 1. The molecule has 2 aromatic rings. The fourth-order valence-corrected chi connectivity index (χ4v) is 3.25. The van der Waals surface area contributed by atoms with E-state index in [-0.39, 0.29) is 6.61 Å². The van der Waals surface area contributed by atoms with Crippen molar-refractivity contribution in [3.05, 3.63) is 59.7 Å². The lowest BCUT2D eigenvalue weighted by molar-refractivity contribution is -0.142. The van der Waals surface area contributed by atoms with Gasteiger partial charge in [0.1, 0.15) is 12.6 Å². The van der Waals surface area contributed by atoms with Gasteiger partial charge in [-0.25, -0.2) is 4.79 Å². The minimum absolute atomic E-state index is 0.143. The van der Waals surface area contributed by atoms with E-state index in [1.807, 2.05) is 48.5 Å². The summed E-state index contributed by atoms with van der Waals surface area (Å²) in [6.07, 6.45) is 0. The molecular formula is C19H19NO4. The largest absolute Gasteiger partial charge is 0.480 e. The number of carbonyl (C=O) groups is 2. The van der Waals surface area contributed by atoms with Crippen LogP contribution in [0.3, 0.4) is 0 Å². The molecule has 1 atom stereocenters. The molecule has 0 radical (unpaired) electrons. The molecule has 5 nitrogen and oxygen atoms in total. The maximum atomic E-state index is 12.0. The Kier molecular flexibility index (Phi) is 4.62. The summed E-state index contributed by atoms with van der Waals surface area (Å²) < 4.78 is 5.07. The number of hydrogen-bond donors (Lipinski definition) is 2. The molecule has 0 aromatic heterocycles. The molecular weight excluding hydrogens is 306 g/mol. The number of carboxylic acids is 1. The summed E-state index contributed by atoms with van der Waals surface area (Å²) in [6.45, 7) is 2.04. The van der Waals surface area contributed by atoms with E-state index >= 15 is 0 Å². The van der Waals surface area contributed by atoms with E-state index in [0.717, 1.165) is 22.3 Å². The minimum Gasteiger partial charge on any atom is -0.480 e. The highest BCUT2D eigenvalue weighted by Crippen LogP contribution is 2.46. The fourth-order valence-electron chi connectivity index (χ4n) is 3.25. The van der Waals surface area contributed by atoms with Crippen molar-refractivity contribution >= 4 is 11.9 Å². The lowest BCUT2D eigenvalue weighted by atomic mass is 9.89. The van der Waals surface area contributed by atoms with Gasteiger partial charge in [-0.15, -0.1) is 0 Å². The Balaban J connectivity index is 1.99. The van der Waals surface area contributed by atoms with Gasteiger partial charge in [-0.05, 0) is 29.2 Å². The standard InChI is InChI=1S/C19H19NO4/c1-2-24-11-16(21)20-18(19(22)23)17-14-9-5-3-7-12(14)13-8-4-6-10-15(13)17/h3-10,17-18H,2,11H2,1H3,(H,20,21)(H,22,23)/t18-/m1/s1. The first kappa shape index (κ1) is 16.2. The molecule has 2 aromatic carbocycles. The van der Waals surface area contributed by atoms with Crippen molar-refractivity contribution in [3.8, 4) is 11.1 Å². The molecule has 1 aliphatic rings. The van der Waals surface area contributed by atoms with E-state index in [9.17, 15) is 14.7 Å². The molecule has 3 rings (SSSR count). The van der Waals surface area contributed by atoms with Crippen LogP contribution in [0.4, 0.5) is 0 Å². The predicted octanol–water partition coefficient (Wildman–Crippen LogP) is 2.40. The minimum atomic E-state index is -1.06. The van der Waals surface area contributed by atoms with Gasteiger partial charge in [-0.3, -0.25) is 4.79 Å². The number of fused-ring (bicyclic) bond motifs is 3. The van der Waals surface area contributed by atoms with E-state index < -0.39 is 23.8 Å². The van der Waals surface area contributed by atoms with Gasteiger partial charge >= 0.3 is 5.97 Å². The Bertz CT molecular complexity index is 726. The Morgan fingerprint density at radius 2 is 1.62 bits per heavy atom. The Morgan fingerprint density at radius 3 is 2.12 bits per heavy atom. The summed E-state index contributed by atoms with van der Waals surface area (Å²) in [5, 5.41) is 12.3. The molecule has 0 spiro atoms. The van der Waals surface area contributed by atoms with Gasteiger partial charge in [0.05, 0.1) is 0 Å². The van der Waals surface area contributed by atoms with Gasteiger partial charge in [0.25, 0.3) is 0 Å². The molecule has 2 N–H and O–H groups in total. The van der Waals surface area contributed by atoms with Gasteiger partial charge in [-0.2, -0.15) is 0 Å². The molecule has 0 saturated heterocycles. The van der Waals surface area contributed by atoms with Crippen molar-refractivity contribution in [3.63, 3.8) is 0 Å². The van der Waals surface area contributed by atoms with E-state index in [2.05, 4.69) is 5.32 Å². The quantitative estimate of drug-likeness (QED) is 0.855. The van der Waals surface area contributed by atoms with E-state index in [1.165, 1.54) is 0 Å². The average molecular weight is 325 g/mol. The first-order valence-electron chi connectivity index (χ1n) is 7.91. The molecule has 1 aliphatic carbocycles. The molecule has 24 heavy (non-hydrogen) atoms. The highest BCUT2D eigenvalue weighted by molar-refractivity contribution is 5.89. The van der Waals surface area contributed by atoms with Gasteiger partial charge in [0.2, 0.25) is 5.91 Å². The van der Waals surface area contributed by atoms with Crippen LogP contribution in [0.1, 0.15) is 24.0 Å². The molecule has 0 fully saturated rings. The predicted molar refractivity (Wildman–Crippen MR) is 89.8 cm³/mol. The van der Waals surface area contributed by atoms with Gasteiger partial charge in [0, 0.05) is 12.5 Å². The zero-order valence-corrected chi connectivity index (χ0v) is 13.4. The van der Waals surface area contributed by atoms with E-state index in [0.29, 0.717) is 6.61 Å². The van der Waals surface area contributed by atoms with Crippen LogP contribution >= 0.6 is 0 Å². The zero-order chi connectivity index (χ0) is 17.1. The number of ether oxygens (including phenoxy) is 1. The second kappa shape index (κ2) is 6.84. The summed E-state index contributed by atoms with van der Waals surface area (Å²) in [5.74, 6) is -1.90. The van der Waals surface area contributed by atoms with Gasteiger partial charge in [0.15, 0.2) is 0 Å². The first-order valence-corrected chi connectivity index (χ1v) is 7.91. The average Bonchev–Trinajstić information content (AvgIpc) is 2.92. The lowest BCUT2D eigenvalue weighted by Crippen LogP contribution is -2.46. The van der Waals surface area contributed by atoms with E-state index in [4.69, 9.17) is 4.74 Å². The third-order valence-electron chi connectivity index (χ3n) is 4.24. The summed E-state index contributed by atoms with van der Waals surface area (Å²) in [7, 11) is 0. The second-order valence-corrected chi connectivity index (χ2v) is 5.67. The summed E-state index contributed by atoms with van der Waals surface area (Å²) in [5.41, 5.74) is 3.87. The smallest absolute Gasteiger partial charge is 0.327 e. The van der Waals surface area contributed by atoms with Gasteiger partial charge in [-0.1, -0.05) is 48.5 Å². The molecule has 0 unspecified atom stereocenters. The van der Waals surface area contributed by atoms with Gasteiger partial charge < -0.3 is 15.2 Å². The summed E-state index contributed by atoms with van der Waals surface area (Å²) >= 11 is 0. The summed E-state index contributed by atoms with van der Waals surface area (Å²) in [4.78, 5) is 23.9. The van der Waals surface area contributed by atoms with Crippen LogP contribution in [0.15, 0.2) is 48.5 Å². The van der Waals surface area contributed by atoms with Crippen molar-refractivity contribution in [1.82, 2.24) is 5.32 Å². The van der Waals surface area contributed by atoms with Crippen LogP contribution in [0.25, 0.3) is 11.1 Å². The monoisotopic (exact) mass is 325 g/mol. The number of carboxylic acid groups (broad SMARTS) is 1. The Morgan fingerprint density at radius 1 is 1.08 bits per heavy atom. The highest BCUT2D eigenvalue weighted by atomic mass is 16.5. The molecule has 0 saturated carbocycles. The van der Waals surface area contributed by atoms with Crippen LogP contribution < -0.4 is 5.32 Å². The maximum absolute atomic E-state index is 12.0. The normalized spacial score (nSPS) is 13.9. The molecule has 0 bridgehead atoms. The molecule has 0 aliphatic heterocycles. The number of amides is 1. The van der Waals surface area contributed by atoms with Crippen LogP contribution in [-0.2, 0) is 14.3 Å². The SMILES string of the molecule is CCOCC(=O)N[C@@H](C(=O)O)C1c2ccccc2-c2ccccc21. The van der Waals surface area contributed by atoms with Crippen LogP contribution in [0.2, 0.25) is 0 Å². The first-order chi connectivity index (χ1) is 11.6. The van der Waals surface area contributed by atoms with Crippen molar-refractivity contribution in [2.75, 3.05) is 13.2 Å². The van der Waals surface area contributed by atoms with Crippen molar-refractivity contribution in [1.29, 1.82) is 0 Å². The van der Waals surface area contributed by atoms with Crippen molar-refractivity contribution in [2.24, 2.45) is 0 Å². The Labute approximate surface area is 140 Å². The number of carbonyl (C=O) groups excluding carboxylic acids is 1. The zero-order valence-electron chi connectivity index (χ0n) is 13.4. The number of rotatable bonds is 6. The fraction of sp³-hybridized carbons (Fsp3) is 0.263. The maximum Gasteiger partial charge on any atom is 0.327 e. The van der Waals surface area contributed by atoms with Crippen molar-refractivity contribution < 1.29 is 19.4 Å². The molecule has 5 heteroatoms.